The molecule has 0 aliphatic carbocycles. The quantitative estimate of drug-likeness (QED) is 0.665. The van der Waals surface area contributed by atoms with E-state index in [4.69, 9.17) is 0 Å². The van der Waals surface area contributed by atoms with Gasteiger partial charge in [0.1, 0.15) is 11.6 Å². The highest BCUT2D eigenvalue weighted by Crippen LogP contribution is 2.25. The van der Waals surface area contributed by atoms with Crippen LogP contribution < -0.4 is 0 Å². The van der Waals surface area contributed by atoms with E-state index in [2.05, 4.69) is 16.2 Å². The summed E-state index contributed by atoms with van der Waals surface area (Å²) in [6, 6.07) is 13.8. The SMILES string of the molecule is Cc1nc(C)n(-c2ccc(C#N)c3ccccc23)n1. The third kappa shape index (κ3) is 1.76. The van der Waals surface area contributed by atoms with Crippen molar-refractivity contribution >= 4 is 10.8 Å². The molecule has 0 N–H and O–H groups in total. The lowest BCUT2D eigenvalue weighted by molar-refractivity contribution is 0.837. The van der Waals surface area contributed by atoms with Crippen LogP contribution in [0.2, 0.25) is 0 Å². The molecule has 92 valence electrons. The van der Waals surface area contributed by atoms with Crippen LogP contribution >= 0.6 is 0 Å². The minimum Gasteiger partial charge on any atom is -0.217 e. The summed E-state index contributed by atoms with van der Waals surface area (Å²) >= 11 is 0. The maximum Gasteiger partial charge on any atom is 0.148 e. The Hall–Kier alpha value is -2.67. The molecule has 1 heterocycles. The van der Waals surface area contributed by atoms with Crippen molar-refractivity contribution in [1.82, 2.24) is 14.8 Å². The number of rotatable bonds is 1. The highest BCUT2D eigenvalue weighted by molar-refractivity contribution is 5.94. The summed E-state index contributed by atoms with van der Waals surface area (Å²) in [7, 11) is 0. The largest absolute Gasteiger partial charge is 0.217 e. The van der Waals surface area contributed by atoms with Crippen molar-refractivity contribution in [2.45, 2.75) is 13.8 Å². The molecule has 3 rings (SSSR count). The molecule has 3 aromatic rings. The van der Waals surface area contributed by atoms with E-state index in [1.165, 1.54) is 0 Å². The van der Waals surface area contributed by atoms with E-state index in [-0.39, 0.29) is 0 Å². The van der Waals surface area contributed by atoms with E-state index >= 15 is 0 Å². The van der Waals surface area contributed by atoms with Crippen LogP contribution in [0.4, 0.5) is 0 Å². The molecular formula is C15H12N4. The van der Waals surface area contributed by atoms with Crippen LogP contribution in [-0.2, 0) is 0 Å². The summed E-state index contributed by atoms with van der Waals surface area (Å²) in [5, 5.41) is 15.5. The number of aryl methyl sites for hydroxylation is 2. The number of hydrogen-bond acceptors (Lipinski definition) is 3. The van der Waals surface area contributed by atoms with Gasteiger partial charge in [0.25, 0.3) is 0 Å². The molecular weight excluding hydrogens is 236 g/mol. The third-order valence-corrected chi connectivity index (χ3v) is 3.12. The maximum absolute atomic E-state index is 9.17. The van der Waals surface area contributed by atoms with Gasteiger partial charge in [-0.05, 0) is 26.0 Å². The normalized spacial score (nSPS) is 10.6. The minimum atomic E-state index is 0.675. The molecule has 0 saturated heterocycles. The first-order chi connectivity index (χ1) is 9.20. The van der Waals surface area contributed by atoms with Gasteiger partial charge in [0.15, 0.2) is 0 Å². The zero-order valence-electron chi connectivity index (χ0n) is 10.8. The van der Waals surface area contributed by atoms with Gasteiger partial charge >= 0.3 is 0 Å². The predicted octanol–water partition coefficient (Wildman–Crippen LogP) is 2.91. The second-order valence-corrected chi connectivity index (χ2v) is 4.41. The molecule has 0 atom stereocenters. The highest BCUT2D eigenvalue weighted by Gasteiger charge is 2.10. The van der Waals surface area contributed by atoms with E-state index in [1.807, 2.05) is 54.9 Å². The maximum atomic E-state index is 9.17. The number of aromatic nitrogens is 3. The van der Waals surface area contributed by atoms with Gasteiger partial charge < -0.3 is 0 Å². The molecule has 2 aromatic carbocycles. The summed E-state index contributed by atoms with van der Waals surface area (Å²) in [6.45, 7) is 3.79. The Labute approximate surface area is 110 Å². The van der Waals surface area contributed by atoms with Crippen LogP contribution in [0.25, 0.3) is 16.5 Å². The van der Waals surface area contributed by atoms with Crippen molar-refractivity contribution in [3.05, 3.63) is 53.6 Å². The van der Waals surface area contributed by atoms with Gasteiger partial charge in [-0.15, -0.1) is 0 Å². The van der Waals surface area contributed by atoms with E-state index in [9.17, 15) is 5.26 Å². The van der Waals surface area contributed by atoms with Gasteiger partial charge in [-0.2, -0.15) is 10.4 Å². The summed E-state index contributed by atoms with van der Waals surface area (Å²) < 4.78 is 1.82. The van der Waals surface area contributed by atoms with Crippen molar-refractivity contribution < 1.29 is 0 Å². The smallest absolute Gasteiger partial charge is 0.148 e. The Balaban J connectivity index is 2.38. The summed E-state index contributed by atoms with van der Waals surface area (Å²) in [4.78, 5) is 4.32. The average Bonchev–Trinajstić information content (AvgIpc) is 2.76. The fraction of sp³-hybridized carbons (Fsp3) is 0.133. The second-order valence-electron chi connectivity index (χ2n) is 4.41. The molecule has 0 saturated carbocycles. The minimum absolute atomic E-state index is 0.675. The molecule has 0 unspecified atom stereocenters. The molecule has 19 heavy (non-hydrogen) atoms. The van der Waals surface area contributed by atoms with Crippen molar-refractivity contribution in [1.29, 1.82) is 5.26 Å². The zero-order chi connectivity index (χ0) is 13.4. The Kier molecular flexibility index (Phi) is 2.53. The molecule has 4 heteroatoms. The Morgan fingerprint density at radius 1 is 1.05 bits per heavy atom. The van der Waals surface area contributed by atoms with Gasteiger partial charge in [-0.1, -0.05) is 24.3 Å². The van der Waals surface area contributed by atoms with E-state index in [0.29, 0.717) is 5.56 Å². The van der Waals surface area contributed by atoms with Gasteiger partial charge in [0.2, 0.25) is 0 Å². The molecule has 4 nitrogen and oxygen atoms in total. The van der Waals surface area contributed by atoms with E-state index in [0.717, 1.165) is 28.1 Å². The van der Waals surface area contributed by atoms with Gasteiger partial charge in [0, 0.05) is 10.8 Å². The first-order valence-electron chi connectivity index (χ1n) is 6.03. The number of benzene rings is 2. The first-order valence-corrected chi connectivity index (χ1v) is 6.03. The number of nitrogens with zero attached hydrogens (tertiary/aromatic N) is 4. The van der Waals surface area contributed by atoms with Crippen molar-refractivity contribution in [3.63, 3.8) is 0 Å². The summed E-state index contributed by atoms with van der Waals surface area (Å²) in [6.07, 6.45) is 0. The first kappa shape index (κ1) is 11.4. The van der Waals surface area contributed by atoms with Crippen LogP contribution in [-0.4, -0.2) is 14.8 Å². The van der Waals surface area contributed by atoms with Gasteiger partial charge in [0.05, 0.1) is 17.3 Å². The molecule has 0 aliphatic heterocycles. The fourth-order valence-corrected chi connectivity index (χ4v) is 2.31. The predicted molar refractivity (Wildman–Crippen MR) is 73.1 cm³/mol. The number of fused-ring (bicyclic) bond motifs is 1. The lowest BCUT2D eigenvalue weighted by Gasteiger charge is -2.08. The van der Waals surface area contributed by atoms with E-state index in [1.54, 1.807) is 0 Å². The lowest BCUT2D eigenvalue weighted by Crippen LogP contribution is -2.00. The van der Waals surface area contributed by atoms with Crippen LogP contribution in [0.1, 0.15) is 17.2 Å². The zero-order valence-corrected chi connectivity index (χ0v) is 10.8. The average molecular weight is 248 g/mol. The highest BCUT2D eigenvalue weighted by atomic mass is 15.3. The summed E-state index contributed by atoms with van der Waals surface area (Å²) in [5.74, 6) is 1.58. The Bertz CT molecular complexity index is 809. The Morgan fingerprint density at radius 2 is 1.79 bits per heavy atom. The molecule has 0 fully saturated rings. The van der Waals surface area contributed by atoms with Gasteiger partial charge in [-0.3, -0.25) is 0 Å². The third-order valence-electron chi connectivity index (χ3n) is 3.12. The van der Waals surface area contributed by atoms with Crippen molar-refractivity contribution in [3.8, 4) is 11.8 Å². The van der Waals surface area contributed by atoms with Crippen LogP contribution in [0.5, 0.6) is 0 Å². The van der Waals surface area contributed by atoms with Crippen LogP contribution in [0.3, 0.4) is 0 Å². The van der Waals surface area contributed by atoms with Crippen molar-refractivity contribution in [2.75, 3.05) is 0 Å². The molecule has 0 bridgehead atoms. The Morgan fingerprint density at radius 3 is 2.42 bits per heavy atom. The second kappa shape index (κ2) is 4.21. The fourth-order valence-electron chi connectivity index (χ4n) is 2.31. The van der Waals surface area contributed by atoms with Crippen LogP contribution in [0.15, 0.2) is 36.4 Å². The summed E-state index contributed by atoms with van der Waals surface area (Å²) in [5.41, 5.74) is 1.63. The molecule has 0 amide bonds. The van der Waals surface area contributed by atoms with Gasteiger partial charge in [-0.25, -0.2) is 9.67 Å². The monoisotopic (exact) mass is 248 g/mol. The van der Waals surface area contributed by atoms with Crippen LogP contribution in [0, 0.1) is 25.2 Å². The van der Waals surface area contributed by atoms with Crippen molar-refractivity contribution in [2.24, 2.45) is 0 Å². The lowest BCUT2D eigenvalue weighted by atomic mass is 10.0. The molecule has 0 aliphatic rings. The number of nitriles is 1. The van der Waals surface area contributed by atoms with E-state index < -0.39 is 0 Å². The molecule has 0 radical (unpaired) electrons. The molecule has 1 aromatic heterocycles. The number of hydrogen-bond donors (Lipinski definition) is 0. The topological polar surface area (TPSA) is 54.5 Å². The standard InChI is InChI=1S/C15H12N4/c1-10-17-11(2)19(18-10)15-8-7-12(9-16)13-5-3-4-6-14(13)15/h3-8H,1-2H3. The molecule has 0 spiro atoms.